The molecule has 380 valence electrons. The molecule has 5 heterocycles. The molecule has 1 atom stereocenters. The number of ether oxygens (including phenoxy) is 2. The van der Waals surface area contributed by atoms with Crippen LogP contribution < -0.4 is 30.7 Å². The number of likely N-dealkylation sites (tertiary alicyclic amines) is 2. The lowest BCUT2D eigenvalue weighted by Crippen LogP contribution is -2.54. The molecule has 4 fully saturated rings. The maximum absolute atomic E-state index is 13.3. The summed E-state index contributed by atoms with van der Waals surface area (Å²) in [6.07, 6.45) is 21.9. The maximum atomic E-state index is 13.3. The Labute approximate surface area is 414 Å². The molecular weight excluding hydrogens is 887 g/mol. The molecule has 5 amide bonds. The number of aromatic nitrogens is 2. The third-order valence-corrected chi connectivity index (χ3v) is 15.1. The number of rotatable bonds is 26. The lowest BCUT2D eigenvalue weighted by Gasteiger charge is -2.33. The highest BCUT2D eigenvalue weighted by Crippen LogP contribution is 2.38. The number of methoxy groups -OCH3 is 1. The number of carbonyl (C=O) groups excluding carboxylic acids is 5. The van der Waals surface area contributed by atoms with E-state index in [1.54, 1.807) is 25.3 Å². The summed E-state index contributed by atoms with van der Waals surface area (Å²) in [5.74, 6) is 1.86. The summed E-state index contributed by atoms with van der Waals surface area (Å²) in [5, 5.41) is 13.5. The van der Waals surface area contributed by atoms with E-state index in [0.717, 1.165) is 162 Å². The van der Waals surface area contributed by atoms with Gasteiger partial charge in [-0.05, 0) is 108 Å². The monoisotopic (exact) mass is 964 g/mol. The molecule has 0 bridgehead atoms. The number of unbranched alkanes of at least 4 members (excludes halogenated alkanes) is 7. The molecule has 1 saturated carbocycles. The van der Waals surface area contributed by atoms with Gasteiger partial charge >= 0.3 is 0 Å². The Balaban J connectivity index is 0.673. The molecule has 1 unspecified atom stereocenters. The first-order valence-electron chi connectivity index (χ1n) is 26.8. The second kappa shape index (κ2) is 25.7. The van der Waals surface area contributed by atoms with Crippen LogP contribution in [0, 0.1) is 0 Å². The number of imide groups is 2. The van der Waals surface area contributed by atoms with Crippen molar-refractivity contribution in [1.82, 2.24) is 35.3 Å². The van der Waals surface area contributed by atoms with Crippen molar-refractivity contribution < 1.29 is 33.4 Å². The summed E-state index contributed by atoms with van der Waals surface area (Å²) in [7, 11) is 1.71. The fourth-order valence-corrected chi connectivity index (χ4v) is 11.0. The minimum Gasteiger partial charge on any atom is -0.493 e. The summed E-state index contributed by atoms with van der Waals surface area (Å²) < 4.78 is 12.2. The molecule has 5 aliphatic rings. The zero-order valence-electron chi connectivity index (χ0n) is 41.6. The fraction of sp³-hybridized carbons (Fsp3) is 0.648. The third kappa shape index (κ3) is 13.5. The van der Waals surface area contributed by atoms with Crippen molar-refractivity contribution in [3.05, 3.63) is 47.3 Å². The minimum atomic E-state index is -0.974. The maximum Gasteiger partial charge on any atom is 0.264 e. The number of hydrogen-bond acceptors (Lipinski definition) is 13. The lowest BCUT2D eigenvalue weighted by molar-refractivity contribution is -0.136. The number of hydrogen-bond donors (Lipinski definition) is 4. The number of amides is 5. The highest BCUT2D eigenvalue weighted by Gasteiger charge is 2.45. The SMILES string of the molecule is COc1cc2c(NC3CCN(CCCC(=O)NCCCCCCCCCCNc4cccc5c4C(=O)N(C4CCC(=O)NC4=O)C5=O)CC3)nc(C3CCCCC3)nc2cc1OCCCN1CCCC1. The Morgan fingerprint density at radius 1 is 0.743 bits per heavy atom. The van der Waals surface area contributed by atoms with Crippen molar-refractivity contribution in [2.24, 2.45) is 0 Å². The van der Waals surface area contributed by atoms with Gasteiger partial charge in [-0.1, -0.05) is 63.9 Å². The van der Waals surface area contributed by atoms with Gasteiger partial charge in [0.15, 0.2) is 11.5 Å². The summed E-state index contributed by atoms with van der Waals surface area (Å²) in [6, 6.07) is 8.60. The topological polar surface area (TPSA) is 187 Å². The number of nitrogens with zero attached hydrogens (tertiary/aromatic N) is 5. The fourth-order valence-electron chi connectivity index (χ4n) is 11.0. The van der Waals surface area contributed by atoms with Gasteiger partial charge in [0.1, 0.15) is 17.7 Å². The summed E-state index contributed by atoms with van der Waals surface area (Å²) in [5.41, 5.74) is 2.09. The van der Waals surface area contributed by atoms with Gasteiger partial charge in [0.2, 0.25) is 17.7 Å². The molecule has 4 aliphatic heterocycles. The van der Waals surface area contributed by atoms with Crippen LogP contribution in [0.2, 0.25) is 0 Å². The second-order valence-electron chi connectivity index (χ2n) is 20.2. The molecule has 3 saturated heterocycles. The standard InChI is InChI=1S/C54H77N9O7/c1-69-45-36-41-43(37-46(45)70-35-17-32-61-29-13-14-30-61)58-50(38-18-9-8-10-19-38)60-51(41)57-39-25-33-62(34-26-39)31-16-22-47(64)56-28-12-7-5-3-2-4-6-11-27-55-42-21-15-20-40-49(42)54(68)63(53(40)67)44-23-24-48(65)59-52(44)66/h15,20-21,36-39,44,55H,2-14,16-19,22-35H2,1H3,(H,56,64)(H,57,58,60)(H,59,65,66). The molecule has 0 radical (unpaired) electrons. The predicted octanol–water partition coefficient (Wildman–Crippen LogP) is 7.96. The molecule has 3 aromatic rings. The van der Waals surface area contributed by atoms with Crippen LogP contribution in [0.4, 0.5) is 11.5 Å². The van der Waals surface area contributed by atoms with Crippen molar-refractivity contribution in [2.75, 3.05) is 76.7 Å². The number of fused-ring (bicyclic) bond motifs is 2. The minimum absolute atomic E-state index is 0.0930. The van der Waals surface area contributed by atoms with Gasteiger partial charge in [-0.25, -0.2) is 9.97 Å². The van der Waals surface area contributed by atoms with Crippen molar-refractivity contribution in [2.45, 2.75) is 159 Å². The molecular formula is C54H77N9O7. The van der Waals surface area contributed by atoms with Crippen LogP contribution in [-0.2, 0) is 14.4 Å². The summed E-state index contributed by atoms with van der Waals surface area (Å²) in [4.78, 5) is 79.5. The first kappa shape index (κ1) is 51.0. The Hall–Kier alpha value is -5.35. The van der Waals surface area contributed by atoms with Gasteiger partial charge < -0.3 is 35.2 Å². The molecule has 2 aromatic carbocycles. The average molecular weight is 964 g/mol. The highest BCUT2D eigenvalue weighted by atomic mass is 16.5. The summed E-state index contributed by atoms with van der Waals surface area (Å²) in [6.45, 7) is 8.41. The number of nitrogens with one attached hydrogen (secondary N) is 4. The normalized spacial score (nSPS) is 19.4. The molecule has 1 aliphatic carbocycles. The van der Waals surface area contributed by atoms with Crippen LogP contribution in [0.5, 0.6) is 11.5 Å². The Bertz CT molecular complexity index is 2270. The Morgan fingerprint density at radius 3 is 2.20 bits per heavy atom. The van der Waals surface area contributed by atoms with Crippen LogP contribution >= 0.6 is 0 Å². The van der Waals surface area contributed by atoms with Crippen molar-refractivity contribution in [3.63, 3.8) is 0 Å². The molecule has 16 heteroatoms. The molecule has 70 heavy (non-hydrogen) atoms. The highest BCUT2D eigenvalue weighted by molar-refractivity contribution is 6.25. The van der Waals surface area contributed by atoms with Crippen molar-refractivity contribution >= 4 is 51.9 Å². The van der Waals surface area contributed by atoms with Crippen LogP contribution in [0.3, 0.4) is 0 Å². The number of carbonyl (C=O) groups is 5. The van der Waals surface area contributed by atoms with Crippen LogP contribution in [0.1, 0.15) is 174 Å². The van der Waals surface area contributed by atoms with Crippen molar-refractivity contribution in [3.8, 4) is 11.5 Å². The van der Waals surface area contributed by atoms with Crippen LogP contribution in [0.15, 0.2) is 30.3 Å². The van der Waals surface area contributed by atoms with E-state index in [2.05, 4.69) is 43.2 Å². The van der Waals surface area contributed by atoms with E-state index in [-0.39, 0.29) is 24.3 Å². The van der Waals surface area contributed by atoms with E-state index < -0.39 is 29.7 Å². The van der Waals surface area contributed by atoms with Gasteiger partial charge in [-0.15, -0.1) is 0 Å². The van der Waals surface area contributed by atoms with E-state index in [0.29, 0.717) is 42.8 Å². The molecule has 4 N–H and O–H groups in total. The number of piperidine rings is 2. The van der Waals surface area contributed by atoms with Crippen LogP contribution in [-0.4, -0.2) is 132 Å². The van der Waals surface area contributed by atoms with Gasteiger partial charge in [-0.2, -0.15) is 0 Å². The van der Waals surface area contributed by atoms with E-state index >= 15 is 0 Å². The van der Waals surface area contributed by atoms with E-state index in [1.165, 1.54) is 45.2 Å². The van der Waals surface area contributed by atoms with E-state index in [9.17, 15) is 24.0 Å². The van der Waals surface area contributed by atoms with Crippen molar-refractivity contribution in [1.29, 1.82) is 0 Å². The molecule has 0 spiro atoms. The second-order valence-corrected chi connectivity index (χ2v) is 20.2. The van der Waals surface area contributed by atoms with Gasteiger partial charge in [0.05, 0.1) is 30.4 Å². The third-order valence-electron chi connectivity index (χ3n) is 15.1. The van der Waals surface area contributed by atoms with Crippen LogP contribution in [0.25, 0.3) is 10.9 Å². The zero-order valence-corrected chi connectivity index (χ0v) is 41.6. The number of anilines is 2. The van der Waals surface area contributed by atoms with Gasteiger partial charge in [0, 0.05) is 74.7 Å². The summed E-state index contributed by atoms with van der Waals surface area (Å²) >= 11 is 0. The molecule has 1 aromatic heterocycles. The zero-order chi connectivity index (χ0) is 48.7. The Kier molecular flexibility index (Phi) is 18.7. The first-order chi connectivity index (χ1) is 34.2. The smallest absolute Gasteiger partial charge is 0.264 e. The average Bonchev–Trinajstić information content (AvgIpc) is 3.99. The van der Waals surface area contributed by atoms with Gasteiger partial charge in [0.25, 0.3) is 11.8 Å². The number of benzene rings is 2. The quantitative estimate of drug-likeness (QED) is 0.0449. The lowest BCUT2D eigenvalue weighted by atomic mass is 9.88. The predicted molar refractivity (Wildman–Crippen MR) is 272 cm³/mol. The Morgan fingerprint density at radius 2 is 1.46 bits per heavy atom. The van der Waals surface area contributed by atoms with E-state index in [1.807, 2.05) is 0 Å². The molecule has 8 rings (SSSR count). The van der Waals surface area contributed by atoms with Gasteiger partial charge in [-0.3, -0.25) is 34.2 Å². The van der Waals surface area contributed by atoms with E-state index in [4.69, 9.17) is 19.4 Å². The largest absolute Gasteiger partial charge is 0.493 e. The molecule has 16 nitrogen and oxygen atoms in total. The first-order valence-corrected chi connectivity index (χ1v) is 26.8.